The molecule has 0 spiro atoms. The molecule has 0 aliphatic rings. The SMILES string of the molecule is CC(C)(O)C(C)(C)Nc1ccc([N+](=O)[O-])c(I)c1. The number of nitrogens with zero attached hydrogens (tertiary/aromatic N) is 1. The Bertz CT molecular complexity index is 467. The van der Waals surface area contributed by atoms with E-state index in [9.17, 15) is 15.2 Å². The van der Waals surface area contributed by atoms with E-state index in [0.29, 0.717) is 3.57 Å². The number of aliphatic hydroxyl groups is 1. The van der Waals surface area contributed by atoms with Crippen LogP contribution >= 0.6 is 22.6 Å². The van der Waals surface area contributed by atoms with Crippen LogP contribution in [-0.2, 0) is 0 Å². The summed E-state index contributed by atoms with van der Waals surface area (Å²) in [5, 5.41) is 24.0. The number of rotatable bonds is 4. The second kappa shape index (κ2) is 5.00. The molecule has 0 aliphatic heterocycles. The molecular weight excluding hydrogens is 347 g/mol. The van der Waals surface area contributed by atoms with Gasteiger partial charge in [-0.25, -0.2) is 0 Å². The lowest BCUT2D eigenvalue weighted by Gasteiger charge is -2.38. The quantitative estimate of drug-likeness (QED) is 0.489. The minimum Gasteiger partial charge on any atom is -0.388 e. The predicted octanol–water partition coefficient (Wildman–Crippen LogP) is 3.16. The first-order valence-corrected chi connectivity index (χ1v) is 6.57. The molecule has 100 valence electrons. The van der Waals surface area contributed by atoms with Crippen LogP contribution in [0.25, 0.3) is 0 Å². The molecule has 0 unspecified atom stereocenters. The highest BCUT2D eigenvalue weighted by molar-refractivity contribution is 14.1. The summed E-state index contributed by atoms with van der Waals surface area (Å²) in [5.74, 6) is 0. The zero-order valence-electron chi connectivity index (χ0n) is 10.8. The molecule has 0 aromatic heterocycles. The highest BCUT2D eigenvalue weighted by atomic mass is 127. The van der Waals surface area contributed by atoms with Crippen LogP contribution < -0.4 is 5.32 Å². The van der Waals surface area contributed by atoms with Crippen LogP contribution in [0.4, 0.5) is 11.4 Å². The van der Waals surface area contributed by atoms with Gasteiger partial charge in [0.1, 0.15) is 0 Å². The second-order valence-electron chi connectivity index (χ2n) is 5.23. The zero-order valence-corrected chi connectivity index (χ0v) is 13.0. The van der Waals surface area contributed by atoms with Crippen LogP contribution in [-0.4, -0.2) is 21.2 Å². The highest BCUT2D eigenvalue weighted by Gasteiger charge is 2.35. The summed E-state index contributed by atoms with van der Waals surface area (Å²) in [5.41, 5.74) is -0.633. The van der Waals surface area contributed by atoms with Crippen LogP contribution in [0.3, 0.4) is 0 Å². The average Bonchev–Trinajstić information content (AvgIpc) is 2.14. The van der Waals surface area contributed by atoms with Crippen molar-refractivity contribution in [2.75, 3.05) is 5.32 Å². The number of anilines is 1. The van der Waals surface area contributed by atoms with E-state index in [1.165, 1.54) is 6.07 Å². The predicted molar refractivity (Wildman–Crippen MR) is 79.8 cm³/mol. The molecule has 0 aliphatic carbocycles. The Morgan fingerprint density at radius 2 is 1.89 bits per heavy atom. The first kappa shape index (κ1) is 15.2. The molecular formula is C12H17IN2O3. The van der Waals surface area contributed by atoms with Crippen molar-refractivity contribution < 1.29 is 10.0 Å². The molecule has 1 aromatic carbocycles. The van der Waals surface area contributed by atoms with Gasteiger partial charge in [0.05, 0.1) is 19.6 Å². The van der Waals surface area contributed by atoms with Crippen LogP contribution in [0, 0.1) is 13.7 Å². The standard InChI is InChI=1S/C12H17IN2O3/c1-11(2,12(3,4)16)14-8-5-6-10(15(17)18)9(13)7-8/h5-7,14,16H,1-4H3. The summed E-state index contributed by atoms with van der Waals surface area (Å²) in [6.45, 7) is 7.19. The molecule has 18 heavy (non-hydrogen) atoms. The third-order valence-electron chi connectivity index (χ3n) is 3.13. The van der Waals surface area contributed by atoms with Gasteiger partial charge in [-0.3, -0.25) is 10.1 Å². The lowest BCUT2D eigenvalue weighted by Crippen LogP contribution is -2.51. The number of nitro benzene ring substituents is 1. The highest BCUT2D eigenvalue weighted by Crippen LogP contribution is 2.29. The van der Waals surface area contributed by atoms with Gasteiger partial charge in [-0.2, -0.15) is 0 Å². The Morgan fingerprint density at radius 3 is 2.28 bits per heavy atom. The van der Waals surface area contributed by atoms with Gasteiger partial charge in [0.2, 0.25) is 0 Å². The van der Waals surface area contributed by atoms with Gasteiger partial charge in [-0.1, -0.05) is 0 Å². The summed E-state index contributed by atoms with van der Waals surface area (Å²) in [6.07, 6.45) is 0. The fourth-order valence-electron chi connectivity index (χ4n) is 1.25. The van der Waals surface area contributed by atoms with Gasteiger partial charge in [-0.05, 0) is 62.4 Å². The Balaban J connectivity index is 3.01. The summed E-state index contributed by atoms with van der Waals surface area (Å²) in [7, 11) is 0. The van der Waals surface area contributed by atoms with Crippen molar-refractivity contribution >= 4 is 34.0 Å². The maximum Gasteiger partial charge on any atom is 0.282 e. The van der Waals surface area contributed by atoms with Crippen molar-refractivity contribution in [3.63, 3.8) is 0 Å². The molecule has 0 saturated carbocycles. The molecule has 0 amide bonds. The summed E-state index contributed by atoms with van der Waals surface area (Å²) in [6, 6.07) is 4.81. The van der Waals surface area contributed by atoms with Crippen molar-refractivity contribution in [3.8, 4) is 0 Å². The number of hydrogen-bond acceptors (Lipinski definition) is 4. The molecule has 5 nitrogen and oxygen atoms in total. The van der Waals surface area contributed by atoms with Gasteiger partial charge in [0.15, 0.2) is 0 Å². The Hall–Kier alpha value is -0.890. The van der Waals surface area contributed by atoms with Crippen molar-refractivity contribution in [3.05, 3.63) is 31.9 Å². The van der Waals surface area contributed by atoms with Gasteiger partial charge in [0.25, 0.3) is 5.69 Å². The monoisotopic (exact) mass is 364 g/mol. The van der Waals surface area contributed by atoms with E-state index in [1.807, 2.05) is 36.4 Å². The van der Waals surface area contributed by atoms with Gasteiger partial charge in [-0.15, -0.1) is 0 Å². The van der Waals surface area contributed by atoms with E-state index in [4.69, 9.17) is 0 Å². The first-order valence-electron chi connectivity index (χ1n) is 5.49. The maximum atomic E-state index is 10.7. The molecule has 0 radical (unpaired) electrons. The summed E-state index contributed by atoms with van der Waals surface area (Å²) in [4.78, 5) is 10.3. The Morgan fingerprint density at radius 1 is 1.33 bits per heavy atom. The maximum absolute atomic E-state index is 10.7. The topological polar surface area (TPSA) is 75.4 Å². The molecule has 2 N–H and O–H groups in total. The van der Waals surface area contributed by atoms with Gasteiger partial charge in [0, 0.05) is 11.8 Å². The van der Waals surface area contributed by atoms with E-state index < -0.39 is 16.1 Å². The fraction of sp³-hybridized carbons (Fsp3) is 0.500. The fourth-order valence-corrected chi connectivity index (χ4v) is 1.96. The van der Waals surface area contributed by atoms with E-state index in [0.717, 1.165) is 5.69 Å². The van der Waals surface area contributed by atoms with E-state index in [-0.39, 0.29) is 5.69 Å². The van der Waals surface area contributed by atoms with Crippen LogP contribution in [0.15, 0.2) is 18.2 Å². The number of hydrogen-bond donors (Lipinski definition) is 2. The minimum absolute atomic E-state index is 0.0854. The van der Waals surface area contributed by atoms with Crippen molar-refractivity contribution in [1.29, 1.82) is 0 Å². The molecule has 0 bridgehead atoms. The molecule has 0 fully saturated rings. The zero-order chi connectivity index (χ0) is 14.1. The van der Waals surface area contributed by atoms with Gasteiger partial charge >= 0.3 is 0 Å². The van der Waals surface area contributed by atoms with Crippen molar-refractivity contribution in [2.45, 2.75) is 38.8 Å². The molecule has 1 rings (SSSR count). The third kappa shape index (κ3) is 3.32. The molecule has 0 heterocycles. The van der Waals surface area contributed by atoms with Crippen molar-refractivity contribution in [1.82, 2.24) is 0 Å². The Labute approximate surface area is 120 Å². The molecule has 1 aromatic rings. The van der Waals surface area contributed by atoms with Gasteiger partial charge < -0.3 is 10.4 Å². The number of halogens is 1. The van der Waals surface area contributed by atoms with E-state index >= 15 is 0 Å². The smallest absolute Gasteiger partial charge is 0.282 e. The molecule has 0 atom stereocenters. The van der Waals surface area contributed by atoms with E-state index in [1.54, 1.807) is 26.0 Å². The number of nitrogens with one attached hydrogen (secondary N) is 1. The van der Waals surface area contributed by atoms with Crippen LogP contribution in [0.5, 0.6) is 0 Å². The normalized spacial score (nSPS) is 12.3. The first-order chi connectivity index (χ1) is 8.04. The number of benzene rings is 1. The van der Waals surface area contributed by atoms with Crippen LogP contribution in [0.1, 0.15) is 27.7 Å². The molecule has 0 saturated heterocycles. The average molecular weight is 364 g/mol. The Kier molecular flexibility index (Phi) is 4.22. The number of nitro groups is 1. The minimum atomic E-state index is -0.916. The molecule has 6 heteroatoms. The van der Waals surface area contributed by atoms with Crippen molar-refractivity contribution in [2.24, 2.45) is 0 Å². The van der Waals surface area contributed by atoms with Crippen LogP contribution in [0.2, 0.25) is 0 Å². The third-order valence-corrected chi connectivity index (χ3v) is 3.99. The lowest BCUT2D eigenvalue weighted by molar-refractivity contribution is -0.385. The summed E-state index contributed by atoms with van der Waals surface area (Å²) >= 11 is 1.93. The summed E-state index contributed by atoms with van der Waals surface area (Å²) < 4.78 is 0.564. The lowest BCUT2D eigenvalue weighted by atomic mass is 9.86. The van der Waals surface area contributed by atoms with E-state index in [2.05, 4.69) is 5.32 Å². The second-order valence-corrected chi connectivity index (χ2v) is 6.39. The largest absolute Gasteiger partial charge is 0.388 e.